The van der Waals surface area contributed by atoms with Gasteiger partial charge in [0, 0.05) is 0 Å². The van der Waals surface area contributed by atoms with Crippen LogP contribution in [0.25, 0.3) is 0 Å². The molecule has 2 rings (SSSR count). The van der Waals surface area contributed by atoms with Gasteiger partial charge in [-0.15, -0.1) is 11.3 Å². The molecule has 0 saturated heterocycles. The molecular formula is C13H12F2N2O2S. The van der Waals surface area contributed by atoms with E-state index in [0.29, 0.717) is 5.56 Å². The smallest absolute Gasteiger partial charge is 0.360 e. The number of anilines is 2. The van der Waals surface area contributed by atoms with E-state index >= 15 is 0 Å². The fraction of sp³-hybridized carbons (Fsp3) is 0.231. The number of rotatable bonds is 4. The van der Waals surface area contributed by atoms with Crippen molar-refractivity contribution in [1.29, 1.82) is 0 Å². The number of aryl methyl sites for hydroxylation is 1. The molecule has 0 fully saturated rings. The van der Waals surface area contributed by atoms with Crippen LogP contribution in [0.2, 0.25) is 0 Å². The molecule has 1 N–H and O–H groups in total. The predicted molar refractivity (Wildman–Crippen MR) is 72.4 cm³/mol. The average molecular weight is 298 g/mol. The van der Waals surface area contributed by atoms with Crippen molar-refractivity contribution in [2.24, 2.45) is 0 Å². The van der Waals surface area contributed by atoms with Crippen molar-refractivity contribution in [3.8, 4) is 0 Å². The summed E-state index contributed by atoms with van der Waals surface area (Å²) < 4.78 is 32.4. The molecule has 0 saturated carbocycles. The molecule has 0 radical (unpaired) electrons. The Morgan fingerprint density at radius 1 is 1.45 bits per heavy atom. The summed E-state index contributed by atoms with van der Waals surface area (Å²) in [6.45, 7) is 3.39. The summed E-state index contributed by atoms with van der Waals surface area (Å²) in [5.41, 5.74) is 1.41. The maximum atomic E-state index is 13.9. The van der Waals surface area contributed by atoms with Crippen LogP contribution < -0.4 is 5.32 Å². The lowest BCUT2D eigenvalue weighted by Gasteiger charge is -2.09. The number of thiazole rings is 1. The summed E-state index contributed by atoms with van der Waals surface area (Å²) in [7, 11) is 0. The van der Waals surface area contributed by atoms with Gasteiger partial charge in [-0.25, -0.2) is 18.6 Å². The van der Waals surface area contributed by atoms with Crippen LogP contribution in [0.15, 0.2) is 17.6 Å². The predicted octanol–water partition coefficient (Wildman–Crippen LogP) is 3.65. The number of benzene rings is 1. The Morgan fingerprint density at radius 2 is 2.20 bits per heavy atom. The zero-order valence-electron chi connectivity index (χ0n) is 10.9. The second-order valence-electron chi connectivity index (χ2n) is 3.93. The third-order valence-corrected chi connectivity index (χ3v) is 3.30. The van der Waals surface area contributed by atoms with Crippen molar-refractivity contribution >= 4 is 28.0 Å². The lowest BCUT2D eigenvalue weighted by Crippen LogP contribution is -2.08. The van der Waals surface area contributed by atoms with Crippen LogP contribution in [0.1, 0.15) is 23.0 Å². The molecule has 0 atom stereocenters. The van der Waals surface area contributed by atoms with Gasteiger partial charge >= 0.3 is 5.97 Å². The number of halogens is 2. The Balaban J connectivity index is 2.34. The van der Waals surface area contributed by atoms with Gasteiger partial charge in [0.25, 0.3) is 0 Å². The molecule has 0 amide bonds. The lowest BCUT2D eigenvalue weighted by atomic mass is 10.2. The van der Waals surface area contributed by atoms with Crippen LogP contribution in [-0.2, 0) is 4.74 Å². The fourth-order valence-corrected chi connectivity index (χ4v) is 2.24. The summed E-state index contributed by atoms with van der Waals surface area (Å²) in [6.07, 6.45) is 0. The van der Waals surface area contributed by atoms with Crippen molar-refractivity contribution in [2.45, 2.75) is 13.8 Å². The topological polar surface area (TPSA) is 51.2 Å². The first-order valence-electron chi connectivity index (χ1n) is 5.86. The van der Waals surface area contributed by atoms with Gasteiger partial charge in [-0.05, 0) is 25.5 Å². The van der Waals surface area contributed by atoms with E-state index in [-0.39, 0.29) is 23.0 Å². The Labute approximate surface area is 118 Å². The first-order chi connectivity index (χ1) is 9.54. The highest BCUT2D eigenvalue weighted by molar-refractivity contribution is 7.14. The van der Waals surface area contributed by atoms with Crippen LogP contribution in [0, 0.1) is 18.6 Å². The Kier molecular flexibility index (Phi) is 4.29. The molecule has 2 aromatic rings. The molecule has 7 heteroatoms. The van der Waals surface area contributed by atoms with E-state index < -0.39 is 17.6 Å². The van der Waals surface area contributed by atoms with Crippen molar-refractivity contribution in [2.75, 3.05) is 11.9 Å². The highest BCUT2D eigenvalue weighted by Gasteiger charge is 2.19. The number of hydrogen-bond donors (Lipinski definition) is 1. The standard InChI is InChI=1S/C13H12F2N2O2S/c1-3-19-13(18)11-12(20-6-16-11)17-10-8(14)5-4-7(2)9(10)15/h4-6,17H,3H2,1-2H3. The van der Waals surface area contributed by atoms with E-state index in [4.69, 9.17) is 4.74 Å². The Bertz CT molecular complexity index is 643. The number of carbonyl (C=O) groups is 1. The molecule has 0 aliphatic carbocycles. The molecule has 1 aromatic heterocycles. The monoisotopic (exact) mass is 298 g/mol. The van der Waals surface area contributed by atoms with Crippen LogP contribution in [0.5, 0.6) is 0 Å². The molecular weight excluding hydrogens is 286 g/mol. The molecule has 0 bridgehead atoms. The fourth-order valence-electron chi connectivity index (χ4n) is 1.56. The molecule has 20 heavy (non-hydrogen) atoms. The third kappa shape index (κ3) is 2.77. The summed E-state index contributed by atoms with van der Waals surface area (Å²) in [4.78, 5) is 15.5. The quantitative estimate of drug-likeness (QED) is 0.875. The van der Waals surface area contributed by atoms with Crippen molar-refractivity contribution < 1.29 is 18.3 Å². The second-order valence-corrected chi connectivity index (χ2v) is 4.78. The van der Waals surface area contributed by atoms with Crippen LogP contribution >= 0.6 is 11.3 Å². The zero-order chi connectivity index (χ0) is 14.7. The Hall–Kier alpha value is -2.02. The van der Waals surface area contributed by atoms with Crippen LogP contribution in [-0.4, -0.2) is 17.6 Å². The van der Waals surface area contributed by atoms with E-state index in [9.17, 15) is 13.6 Å². The van der Waals surface area contributed by atoms with Crippen molar-refractivity contribution in [3.05, 3.63) is 40.5 Å². The number of carbonyl (C=O) groups excluding carboxylic acids is 1. The van der Waals surface area contributed by atoms with Gasteiger partial charge in [0.15, 0.2) is 11.5 Å². The highest BCUT2D eigenvalue weighted by atomic mass is 32.1. The maximum Gasteiger partial charge on any atom is 0.360 e. The van der Waals surface area contributed by atoms with Gasteiger partial charge in [-0.2, -0.15) is 0 Å². The highest BCUT2D eigenvalue weighted by Crippen LogP contribution is 2.30. The normalized spacial score (nSPS) is 10.4. The first-order valence-corrected chi connectivity index (χ1v) is 6.74. The summed E-state index contributed by atoms with van der Waals surface area (Å²) >= 11 is 1.07. The zero-order valence-corrected chi connectivity index (χ0v) is 11.7. The van der Waals surface area contributed by atoms with Crippen molar-refractivity contribution in [3.63, 3.8) is 0 Å². The molecule has 0 aliphatic rings. The number of nitrogens with one attached hydrogen (secondary N) is 1. The van der Waals surface area contributed by atoms with E-state index in [0.717, 1.165) is 17.4 Å². The van der Waals surface area contributed by atoms with E-state index in [1.54, 1.807) is 6.92 Å². The number of hydrogen-bond acceptors (Lipinski definition) is 5. The van der Waals surface area contributed by atoms with E-state index in [2.05, 4.69) is 10.3 Å². The van der Waals surface area contributed by atoms with Gasteiger partial charge in [0.05, 0.1) is 12.1 Å². The number of ether oxygens (including phenoxy) is 1. The van der Waals surface area contributed by atoms with Gasteiger partial charge < -0.3 is 10.1 Å². The van der Waals surface area contributed by atoms with E-state index in [1.165, 1.54) is 18.5 Å². The summed E-state index contributed by atoms with van der Waals surface area (Å²) in [6, 6.07) is 2.50. The van der Waals surface area contributed by atoms with Crippen LogP contribution in [0.4, 0.5) is 19.5 Å². The molecule has 1 aromatic carbocycles. The maximum absolute atomic E-state index is 13.9. The largest absolute Gasteiger partial charge is 0.461 e. The number of nitrogens with zero attached hydrogens (tertiary/aromatic N) is 1. The van der Waals surface area contributed by atoms with Crippen molar-refractivity contribution in [1.82, 2.24) is 4.98 Å². The van der Waals surface area contributed by atoms with Gasteiger partial charge in [-0.3, -0.25) is 0 Å². The minimum atomic E-state index is -0.740. The molecule has 4 nitrogen and oxygen atoms in total. The van der Waals surface area contributed by atoms with Gasteiger partial charge in [0.2, 0.25) is 0 Å². The molecule has 0 unspecified atom stereocenters. The first kappa shape index (κ1) is 14.4. The Morgan fingerprint density at radius 3 is 2.90 bits per heavy atom. The van der Waals surface area contributed by atoms with Gasteiger partial charge in [-0.1, -0.05) is 6.07 Å². The third-order valence-electron chi connectivity index (χ3n) is 2.56. The molecule has 106 valence electrons. The molecule has 0 aliphatic heterocycles. The second kappa shape index (κ2) is 5.96. The minimum Gasteiger partial charge on any atom is -0.461 e. The lowest BCUT2D eigenvalue weighted by molar-refractivity contribution is 0.0521. The number of aromatic nitrogens is 1. The van der Waals surface area contributed by atoms with Gasteiger partial charge in [0.1, 0.15) is 16.5 Å². The number of esters is 1. The summed E-state index contributed by atoms with van der Waals surface area (Å²) in [5, 5.41) is 2.82. The van der Waals surface area contributed by atoms with E-state index in [1.807, 2.05) is 0 Å². The molecule has 0 spiro atoms. The van der Waals surface area contributed by atoms with Crippen LogP contribution in [0.3, 0.4) is 0 Å². The molecule has 1 heterocycles. The minimum absolute atomic E-state index is 0.0113. The average Bonchev–Trinajstić information content (AvgIpc) is 2.88. The summed E-state index contributed by atoms with van der Waals surface area (Å²) in [5.74, 6) is -2.07. The SMILES string of the molecule is CCOC(=O)c1ncsc1Nc1c(F)ccc(C)c1F.